The molecule has 1 saturated carbocycles. The van der Waals surface area contributed by atoms with Gasteiger partial charge in [-0.05, 0) is 31.4 Å². The lowest BCUT2D eigenvalue weighted by molar-refractivity contribution is 0.0328. The van der Waals surface area contributed by atoms with Gasteiger partial charge in [0.1, 0.15) is 23.0 Å². The molecule has 2 unspecified atom stereocenters. The molecule has 1 amide bonds. The molecule has 206 valence electrons. The van der Waals surface area contributed by atoms with Crippen molar-refractivity contribution in [2.24, 2.45) is 5.92 Å². The standard InChI is InChI=1S/C28H26F3N7O2/c1-36(28(39)18-7-22-20(8-19(18)29)35-27(32)23-9-33-13-38(22)23)24-12-40-11-21-16(24)4-5-25(34-21)37-10-14-2-3-15(37)6-17(14)26(30)31/h4-5,7-9,13-15,24H,2-3,6,10-12H2,1H3,(H2,32,35)/t14-,15?,24?/m0/s1. The summed E-state index contributed by atoms with van der Waals surface area (Å²) in [6.07, 6.45) is 3.51. The smallest absolute Gasteiger partial charge is 0.269 e. The number of aromatic nitrogens is 4. The lowest BCUT2D eigenvalue weighted by Crippen LogP contribution is -2.50. The third-order valence-electron chi connectivity index (χ3n) is 8.54. The number of hydrogen-bond acceptors (Lipinski definition) is 7. The summed E-state index contributed by atoms with van der Waals surface area (Å²) in [4.78, 5) is 30.4. The predicted molar refractivity (Wildman–Crippen MR) is 141 cm³/mol. The number of hydrogen-bond donors (Lipinski definition) is 1. The Morgan fingerprint density at radius 3 is 2.80 bits per heavy atom. The monoisotopic (exact) mass is 549 g/mol. The maximum Gasteiger partial charge on any atom is 0.269 e. The number of pyridine rings is 1. The number of amides is 1. The number of imidazole rings is 1. The topological polar surface area (TPSA) is 102 Å². The van der Waals surface area contributed by atoms with Crippen LogP contribution < -0.4 is 10.6 Å². The van der Waals surface area contributed by atoms with Gasteiger partial charge in [0.25, 0.3) is 12.0 Å². The number of nitrogen functional groups attached to an aromatic ring is 1. The summed E-state index contributed by atoms with van der Waals surface area (Å²) < 4.78 is 49.4. The minimum Gasteiger partial charge on any atom is -0.382 e. The zero-order valence-corrected chi connectivity index (χ0v) is 21.6. The minimum absolute atomic E-state index is 0.0145. The number of ether oxygens (including phenoxy) is 1. The highest BCUT2D eigenvalue weighted by Gasteiger charge is 2.40. The first-order valence-electron chi connectivity index (χ1n) is 13.2. The van der Waals surface area contributed by atoms with Gasteiger partial charge in [-0.15, -0.1) is 0 Å². The van der Waals surface area contributed by atoms with Crippen LogP contribution in [0.1, 0.15) is 46.9 Å². The van der Waals surface area contributed by atoms with Gasteiger partial charge in [0.15, 0.2) is 0 Å². The van der Waals surface area contributed by atoms with Crippen LogP contribution in [-0.4, -0.2) is 56.4 Å². The van der Waals surface area contributed by atoms with Crippen LogP contribution in [0.25, 0.3) is 16.6 Å². The lowest BCUT2D eigenvalue weighted by Gasteiger charge is -2.47. The molecule has 0 spiro atoms. The molecule has 12 heteroatoms. The van der Waals surface area contributed by atoms with E-state index in [2.05, 4.69) is 14.9 Å². The van der Waals surface area contributed by atoms with Gasteiger partial charge in [0.2, 0.25) is 0 Å². The number of nitrogens with zero attached hydrogens (tertiary/aromatic N) is 6. The molecule has 1 aromatic carbocycles. The van der Waals surface area contributed by atoms with Crippen molar-refractivity contribution in [1.29, 1.82) is 0 Å². The van der Waals surface area contributed by atoms with Crippen LogP contribution in [0.15, 0.2) is 48.4 Å². The Hall–Kier alpha value is -4.19. The maximum absolute atomic E-state index is 15.2. The number of fused-ring (bicyclic) bond motifs is 7. The SMILES string of the molecule is CN(C(=O)c1cc2c(cc1F)nc(N)c1cncn12)C1COCc2nc(N3C[C@@H]4CCC3CC4=C(F)F)ccc21. The van der Waals surface area contributed by atoms with E-state index in [-0.39, 0.29) is 42.1 Å². The molecule has 2 N–H and O–H groups in total. The first-order chi connectivity index (χ1) is 19.3. The Bertz CT molecular complexity index is 1720. The average molecular weight is 550 g/mol. The Kier molecular flexibility index (Phi) is 5.70. The highest BCUT2D eigenvalue weighted by Crippen LogP contribution is 2.43. The Morgan fingerprint density at radius 1 is 1.18 bits per heavy atom. The number of nitrogens with two attached hydrogens (primary N) is 1. The van der Waals surface area contributed by atoms with E-state index in [9.17, 15) is 13.6 Å². The Balaban J connectivity index is 1.18. The number of anilines is 2. The van der Waals surface area contributed by atoms with Crippen LogP contribution in [0.2, 0.25) is 0 Å². The third-order valence-corrected chi connectivity index (χ3v) is 8.54. The normalized spacial score (nSPS) is 22.1. The Labute approximate surface area is 227 Å². The van der Waals surface area contributed by atoms with Gasteiger partial charge in [-0.1, -0.05) is 6.07 Å². The van der Waals surface area contributed by atoms with Gasteiger partial charge in [-0.2, -0.15) is 8.78 Å². The summed E-state index contributed by atoms with van der Waals surface area (Å²) >= 11 is 0. The summed E-state index contributed by atoms with van der Waals surface area (Å²) in [5.41, 5.74) is 9.02. The predicted octanol–water partition coefficient (Wildman–Crippen LogP) is 4.48. The average Bonchev–Trinajstić information content (AvgIpc) is 3.47. The molecule has 4 aliphatic rings. The molecule has 3 fully saturated rings. The summed E-state index contributed by atoms with van der Waals surface area (Å²) in [5.74, 6) is -0.447. The van der Waals surface area contributed by atoms with E-state index < -0.39 is 23.8 Å². The number of likely N-dealkylation sites (N-methyl/N-ethyl adjacent to an activating group) is 1. The molecular formula is C28H26F3N7O2. The second-order valence-electron chi connectivity index (χ2n) is 10.7. The molecule has 3 atom stereocenters. The van der Waals surface area contributed by atoms with Gasteiger partial charge in [0, 0.05) is 42.8 Å². The van der Waals surface area contributed by atoms with Crippen LogP contribution >= 0.6 is 0 Å². The van der Waals surface area contributed by atoms with E-state index in [1.54, 1.807) is 24.0 Å². The van der Waals surface area contributed by atoms with Crippen LogP contribution in [0.4, 0.5) is 24.8 Å². The van der Waals surface area contributed by atoms with Gasteiger partial charge < -0.3 is 20.3 Å². The largest absolute Gasteiger partial charge is 0.382 e. The minimum atomic E-state index is -1.55. The van der Waals surface area contributed by atoms with Crippen molar-refractivity contribution in [2.75, 3.05) is 30.8 Å². The second-order valence-corrected chi connectivity index (χ2v) is 10.7. The highest BCUT2D eigenvalue weighted by molar-refractivity contribution is 5.98. The number of carbonyl (C=O) groups excluding carboxylic acids is 1. The fourth-order valence-electron chi connectivity index (χ4n) is 6.41. The zero-order valence-electron chi connectivity index (χ0n) is 21.6. The lowest BCUT2D eigenvalue weighted by atomic mass is 9.76. The van der Waals surface area contributed by atoms with Crippen LogP contribution in [0, 0.1) is 11.7 Å². The highest BCUT2D eigenvalue weighted by atomic mass is 19.3. The Morgan fingerprint density at radius 2 is 2.02 bits per heavy atom. The van der Waals surface area contributed by atoms with Crippen molar-refractivity contribution in [3.63, 3.8) is 0 Å². The van der Waals surface area contributed by atoms with Gasteiger partial charge in [-0.3, -0.25) is 9.20 Å². The molecule has 4 aromatic rings. The number of halogens is 3. The van der Waals surface area contributed by atoms with Crippen LogP contribution in [0.5, 0.6) is 0 Å². The van der Waals surface area contributed by atoms with Crippen molar-refractivity contribution in [3.8, 4) is 0 Å². The number of rotatable bonds is 3. The van der Waals surface area contributed by atoms with Crippen molar-refractivity contribution in [1.82, 2.24) is 24.3 Å². The molecule has 2 saturated heterocycles. The number of piperidine rings is 2. The van der Waals surface area contributed by atoms with E-state index in [1.165, 1.54) is 17.0 Å². The molecule has 6 heterocycles. The summed E-state index contributed by atoms with van der Waals surface area (Å²) in [6, 6.07) is 5.96. The van der Waals surface area contributed by atoms with E-state index in [4.69, 9.17) is 15.5 Å². The molecule has 0 radical (unpaired) electrons. The van der Waals surface area contributed by atoms with Crippen LogP contribution in [0.3, 0.4) is 0 Å². The zero-order chi connectivity index (χ0) is 27.7. The molecular weight excluding hydrogens is 523 g/mol. The fraction of sp³-hybridized carbons (Fsp3) is 0.357. The molecule has 3 aromatic heterocycles. The molecule has 9 nitrogen and oxygen atoms in total. The fourth-order valence-corrected chi connectivity index (χ4v) is 6.41. The first-order valence-corrected chi connectivity index (χ1v) is 13.2. The van der Waals surface area contributed by atoms with E-state index >= 15 is 4.39 Å². The summed E-state index contributed by atoms with van der Waals surface area (Å²) in [5, 5.41) is 0. The van der Waals surface area contributed by atoms with E-state index in [0.717, 1.165) is 24.2 Å². The maximum atomic E-state index is 15.2. The molecule has 8 rings (SSSR count). The number of benzene rings is 1. The van der Waals surface area contributed by atoms with Crippen molar-refractivity contribution in [3.05, 3.63) is 71.1 Å². The van der Waals surface area contributed by atoms with Gasteiger partial charge in [-0.25, -0.2) is 19.3 Å². The number of carbonyl (C=O) groups is 1. The third kappa shape index (κ3) is 3.80. The van der Waals surface area contributed by atoms with Gasteiger partial charge >= 0.3 is 0 Å². The van der Waals surface area contributed by atoms with E-state index in [1.807, 2.05) is 12.1 Å². The molecule has 1 aliphatic carbocycles. The summed E-state index contributed by atoms with van der Waals surface area (Å²) in [7, 11) is 1.61. The van der Waals surface area contributed by atoms with Crippen molar-refractivity contribution in [2.45, 2.75) is 38.0 Å². The van der Waals surface area contributed by atoms with Gasteiger partial charge in [0.05, 0.1) is 54.1 Å². The van der Waals surface area contributed by atoms with E-state index in [0.29, 0.717) is 35.2 Å². The van der Waals surface area contributed by atoms with Crippen molar-refractivity contribution < 1.29 is 22.7 Å². The molecule has 2 bridgehead atoms. The molecule has 3 aliphatic heterocycles. The first kappa shape index (κ1) is 24.8. The van der Waals surface area contributed by atoms with Crippen molar-refractivity contribution >= 4 is 34.1 Å². The van der Waals surface area contributed by atoms with Crippen LogP contribution in [-0.2, 0) is 11.3 Å². The molecule has 40 heavy (non-hydrogen) atoms. The quantitative estimate of drug-likeness (QED) is 0.402. The summed E-state index contributed by atoms with van der Waals surface area (Å²) in [6.45, 7) is 1.01. The second kappa shape index (κ2) is 9.19.